The van der Waals surface area contributed by atoms with E-state index in [1.807, 2.05) is 49.7 Å². The van der Waals surface area contributed by atoms with E-state index in [0.717, 1.165) is 30.0 Å². The third-order valence-corrected chi connectivity index (χ3v) is 2.86. The Morgan fingerprint density at radius 1 is 1.21 bits per heavy atom. The van der Waals surface area contributed by atoms with Gasteiger partial charge in [0.1, 0.15) is 5.75 Å². The summed E-state index contributed by atoms with van der Waals surface area (Å²) in [5, 5.41) is 0. The van der Waals surface area contributed by atoms with Crippen molar-refractivity contribution < 1.29 is 4.74 Å². The van der Waals surface area contributed by atoms with Crippen LogP contribution < -0.4 is 4.74 Å². The number of nitrogens with zero attached hydrogens (tertiary/aromatic N) is 2. The van der Waals surface area contributed by atoms with Crippen LogP contribution in [0.1, 0.15) is 16.8 Å². The molecule has 0 fully saturated rings. The van der Waals surface area contributed by atoms with Crippen molar-refractivity contribution in [2.75, 3.05) is 13.7 Å². The predicted octanol–water partition coefficient (Wildman–Crippen LogP) is 3.06. The summed E-state index contributed by atoms with van der Waals surface area (Å²) in [6.45, 7) is 2.76. The highest BCUT2D eigenvalue weighted by atomic mass is 16.5. The summed E-state index contributed by atoms with van der Waals surface area (Å²) in [5.74, 6) is 0.922. The van der Waals surface area contributed by atoms with Gasteiger partial charge < -0.3 is 4.74 Å². The quantitative estimate of drug-likeness (QED) is 0.768. The van der Waals surface area contributed by atoms with Crippen molar-refractivity contribution in [3.63, 3.8) is 0 Å². The van der Waals surface area contributed by atoms with Crippen LogP contribution >= 0.6 is 0 Å². The number of aliphatic imine (C=N–C) groups is 1. The molecule has 0 amide bonds. The number of ether oxygens (including phenoxy) is 1. The van der Waals surface area contributed by atoms with Gasteiger partial charge in [0, 0.05) is 19.0 Å². The fourth-order valence-electron chi connectivity index (χ4n) is 1.81. The predicted molar refractivity (Wildman–Crippen MR) is 78.1 cm³/mol. The van der Waals surface area contributed by atoms with Gasteiger partial charge in [0.2, 0.25) is 0 Å². The van der Waals surface area contributed by atoms with E-state index in [4.69, 9.17) is 4.74 Å². The lowest BCUT2D eigenvalue weighted by molar-refractivity contribution is 0.410. The molecule has 1 aromatic carbocycles. The molecule has 0 aliphatic carbocycles. The van der Waals surface area contributed by atoms with Crippen LogP contribution in [0.15, 0.2) is 47.6 Å². The lowest BCUT2D eigenvalue weighted by atomic mass is 10.1. The van der Waals surface area contributed by atoms with Gasteiger partial charge >= 0.3 is 0 Å². The fraction of sp³-hybridized carbons (Fsp3) is 0.250. The summed E-state index contributed by atoms with van der Waals surface area (Å²) in [4.78, 5) is 8.68. The number of hydrogen-bond acceptors (Lipinski definition) is 3. The zero-order valence-electron chi connectivity index (χ0n) is 11.3. The SMILES string of the molecule is COc1ccccc1CCN=Cc1ccc(C)cn1. The summed E-state index contributed by atoms with van der Waals surface area (Å²) >= 11 is 0. The molecule has 0 aliphatic rings. The van der Waals surface area contributed by atoms with Crippen LogP contribution in [0.4, 0.5) is 0 Å². The van der Waals surface area contributed by atoms with E-state index in [1.54, 1.807) is 7.11 Å². The van der Waals surface area contributed by atoms with Crippen LogP contribution in [0.5, 0.6) is 5.75 Å². The molecule has 0 radical (unpaired) electrons. The summed E-state index contributed by atoms with van der Waals surface area (Å²) in [5.41, 5.74) is 3.23. The second kappa shape index (κ2) is 6.69. The average molecular weight is 254 g/mol. The van der Waals surface area contributed by atoms with Crippen molar-refractivity contribution in [1.82, 2.24) is 4.98 Å². The number of rotatable bonds is 5. The summed E-state index contributed by atoms with van der Waals surface area (Å²) in [6.07, 6.45) is 4.53. The van der Waals surface area contributed by atoms with E-state index in [1.165, 1.54) is 5.56 Å². The molecule has 0 spiro atoms. The third-order valence-electron chi connectivity index (χ3n) is 2.86. The zero-order chi connectivity index (χ0) is 13.5. The Kier molecular flexibility index (Phi) is 4.67. The molecule has 1 heterocycles. The molecule has 2 aromatic rings. The molecule has 19 heavy (non-hydrogen) atoms. The minimum atomic E-state index is 0.732. The normalized spacial score (nSPS) is 10.8. The molecule has 0 N–H and O–H groups in total. The first kappa shape index (κ1) is 13.3. The summed E-state index contributed by atoms with van der Waals surface area (Å²) in [6, 6.07) is 12.0. The maximum atomic E-state index is 5.31. The Morgan fingerprint density at radius 3 is 2.79 bits per heavy atom. The molecule has 3 nitrogen and oxygen atoms in total. The van der Waals surface area contributed by atoms with Crippen LogP contribution in [0.3, 0.4) is 0 Å². The van der Waals surface area contributed by atoms with Crippen LogP contribution in [-0.4, -0.2) is 24.9 Å². The molecule has 0 aliphatic heterocycles. The van der Waals surface area contributed by atoms with E-state index in [2.05, 4.69) is 16.0 Å². The minimum Gasteiger partial charge on any atom is -0.496 e. The number of benzene rings is 1. The van der Waals surface area contributed by atoms with Crippen molar-refractivity contribution in [3.05, 3.63) is 59.4 Å². The highest BCUT2D eigenvalue weighted by molar-refractivity contribution is 5.76. The lowest BCUT2D eigenvalue weighted by Crippen LogP contribution is -1.95. The molecular formula is C16H18N2O. The molecule has 2 rings (SSSR count). The molecule has 1 aromatic heterocycles. The topological polar surface area (TPSA) is 34.5 Å². The first-order valence-electron chi connectivity index (χ1n) is 6.34. The summed E-state index contributed by atoms with van der Waals surface area (Å²) < 4.78 is 5.31. The van der Waals surface area contributed by atoms with Gasteiger partial charge in [-0.25, -0.2) is 0 Å². The second-order valence-electron chi connectivity index (χ2n) is 4.36. The van der Waals surface area contributed by atoms with Crippen LogP contribution in [0, 0.1) is 6.92 Å². The van der Waals surface area contributed by atoms with Crippen molar-refractivity contribution >= 4 is 6.21 Å². The molecule has 3 heteroatoms. The van der Waals surface area contributed by atoms with Gasteiger partial charge in [-0.05, 0) is 36.6 Å². The first-order valence-corrected chi connectivity index (χ1v) is 6.34. The van der Waals surface area contributed by atoms with E-state index < -0.39 is 0 Å². The van der Waals surface area contributed by atoms with Gasteiger partial charge in [0.05, 0.1) is 12.8 Å². The minimum absolute atomic E-state index is 0.732. The highest BCUT2D eigenvalue weighted by Gasteiger charge is 1.99. The first-order chi connectivity index (χ1) is 9.29. The van der Waals surface area contributed by atoms with Crippen molar-refractivity contribution in [2.24, 2.45) is 4.99 Å². The molecule has 0 bridgehead atoms. The molecule has 0 saturated heterocycles. The van der Waals surface area contributed by atoms with Crippen LogP contribution in [0.2, 0.25) is 0 Å². The third kappa shape index (κ3) is 3.91. The second-order valence-corrected chi connectivity index (χ2v) is 4.36. The number of aryl methyl sites for hydroxylation is 1. The average Bonchev–Trinajstić information content (AvgIpc) is 2.46. The Morgan fingerprint density at radius 2 is 2.05 bits per heavy atom. The van der Waals surface area contributed by atoms with Crippen molar-refractivity contribution in [3.8, 4) is 5.75 Å². The fourth-order valence-corrected chi connectivity index (χ4v) is 1.81. The van der Waals surface area contributed by atoms with Gasteiger partial charge in [0.25, 0.3) is 0 Å². The maximum absolute atomic E-state index is 5.31. The molecule has 98 valence electrons. The molecule has 0 atom stereocenters. The Bertz CT molecular complexity index is 547. The number of hydrogen-bond donors (Lipinski definition) is 0. The largest absolute Gasteiger partial charge is 0.496 e. The number of aromatic nitrogens is 1. The van der Waals surface area contributed by atoms with Crippen LogP contribution in [0.25, 0.3) is 0 Å². The Hall–Kier alpha value is -2.16. The van der Waals surface area contributed by atoms with Gasteiger partial charge in [-0.1, -0.05) is 24.3 Å². The van der Waals surface area contributed by atoms with E-state index >= 15 is 0 Å². The Balaban J connectivity index is 1.91. The molecule has 0 saturated carbocycles. The summed E-state index contributed by atoms with van der Waals surface area (Å²) in [7, 11) is 1.69. The van der Waals surface area contributed by atoms with Gasteiger partial charge in [-0.2, -0.15) is 0 Å². The number of methoxy groups -OCH3 is 1. The van der Waals surface area contributed by atoms with E-state index in [-0.39, 0.29) is 0 Å². The highest BCUT2D eigenvalue weighted by Crippen LogP contribution is 2.17. The zero-order valence-corrected chi connectivity index (χ0v) is 11.3. The number of para-hydroxylation sites is 1. The maximum Gasteiger partial charge on any atom is 0.122 e. The van der Waals surface area contributed by atoms with Gasteiger partial charge in [0.15, 0.2) is 0 Å². The van der Waals surface area contributed by atoms with Crippen molar-refractivity contribution in [1.29, 1.82) is 0 Å². The smallest absolute Gasteiger partial charge is 0.122 e. The van der Waals surface area contributed by atoms with E-state index in [0.29, 0.717) is 0 Å². The van der Waals surface area contributed by atoms with Crippen molar-refractivity contribution in [2.45, 2.75) is 13.3 Å². The number of pyridine rings is 1. The van der Waals surface area contributed by atoms with E-state index in [9.17, 15) is 0 Å². The van der Waals surface area contributed by atoms with Gasteiger partial charge in [-0.3, -0.25) is 9.98 Å². The lowest BCUT2D eigenvalue weighted by Gasteiger charge is -2.05. The van der Waals surface area contributed by atoms with Gasteiger partial charge in [-0.15, -0.1) is 0 Å². The Labute approximate surface area is 114 Å². The molecule has 0 unspecified atom stereocenters. The monoisotopic (exact) mass is 254 g/mol. The molecular weight excluding hydrogens is 236 g/mol. The van der Waals surface area contributed by atoms with Crippen LogP contribution in [-0.2, 0) is 6.42 Å². The standard InChI is InChI=1S/C16H18N2O/c1-13-7-8-15(18-11-13)12-17-10-9-14-5-3-4-6-16(14)19-2/h3-8,11-12H,9-10H2,1-2H3.